The monoisotopic (exact) mass is 1050 g/mol. The lowest BCUT2D eigenvalue weighted by molar-refractivity contribution is 0.668. The average molecular weight is 1050 g/mol. The second kappa shape index (κ2) is 18.2. The summed E-state index contributed by atoms with van der Waals surface area (Å²) < 4.78 is 17.1. The molecule has 0 aliphatic heterocycles. The van der Waals surface area contributed by atoms with Gasteiger partial charge < -0.3 is 13.4 Å². The Balaban J connectivity index is 0.833. The van der Waals surface area contributed by atoms with Crippen LogP contribution in [-0.4, -0.2) is 19.1 Å². The minimum Gasteiger partial charge on any atom is -0.456 e. The van der Waals surface area contributed by atoms with Gasteiger partial charge in [0.2, 0.25) is 5.95 Å². The number of benzene rings is 12. The second-order valence-electron chi connectivity index (χ2n) is 21.3. The van der Waals surface area contributed by atoms with E-state index in [0.717, 1.165) is 138 Å². The molecule has 17 aromatic rings. The molecule has 5 aromatic heterocycles. The van der Waals surface area contributed by atoms with Gasteiger partial charge in [0, 0.05) is 59.9 Å². The fourth-order valence-corrected chi connectivity index (χ4v) is 12.7. The van der Waals surface area contributed by atoms with Crippen molar-refractivity contribution in [2.75, 3.05) is 0 Å². The third kappa shape index (κ3) is 7.35. The summed E-state index contributed by atoms with van der Waals surface area (Å²) in [6.07, 6.45) is 0. The minimum atomic E-state index is 0.587. The summed E-state index contributed by atoms with van der Waals surface area (Å²) in [4.78, 5) is 11.2. The molecule has 17 rings (SSSR count). The lowest BCUT2D eigenvalue weighted by Crippen LogP contribution is -2.04. The Morgan fingerprint density at radius 3 is 1.26 bits per heavy atom. The Bertz CT molecular complexity index is 5430. The van der Waals surface area contributed by atoms with Gasteiger partial charge in [-0.1, -0.05) is 182 Å². The van der Waals surface area contributed by atoms with E-state index in [1.807, 2.05) is 24.3 Å². The van der Waals surface area contributed by atoms with E-state index in [-0.39, 0.29) is 0 Å². The van der Waals surface area contributed by atoms with Gasteiger partial charge >= 0.3 is 0 Å². The molecule has 382 valence electrons. The maximum atomic E-state index is 6.23. The van der Waals surface area contributed by atoms with E-state index in [4.69, 9.17) is 18.8 Å². The zero-order valence-electron chi connectivity index (χ0n) is 44.2. The maximum absolute atomic E-state index is 6.23. The number of para-hydroxylation sites is 4. The summed E-state index contributed by atoms with van der Waals surface area (Å²) in [6.45, 7) is 0. The Hall–Kier alpha value is -11.1. The third-order valence-corrected chi connectivity index (χ3v) is 16.6. The van der Waals surface area contributed by atoms with E-state index in [1.165, 1.54) is 21.9 Å². The van der Waals surface area contributed by atoms with Gasteiger partial charge in [0.05, 0.1) is 33.5 Å². The predicted octanol–water partition coefficient (Wildman–Crippen LogP) is 20.5. The summed E-state index contributed by atoms with van der Waals surface area (Å²) in [5, 5.41) is 9.06. The van der Waals surface area contributed by atoms with Gasteiger partial charge in [0.15, 0.2) is 0 Å². The van der Waals surface area contributed by atoms with E-state index in [0.29, 0.717) is 5.95 Å². The molecule has 0 saturated carbocycles. The molecule has 6 nitrogen and oxygen atoms in total. The van der Waals surface area contributed by atoms with Gasteiger partial charge in [0.1, 0.15) is 22.3 Å². The molecule has 0 fully saturated rings. The molecule has 12 aromatic carbocycles. The fraction of sp³-hybridized carbons (Fsp3) is 0. The average Bonchev–Trinajstić information content (AvgIpc) is 3.77. The van der Waals surface area contributed by atoms with E-state index >= 15 is 0 Å². The highest BCUT2D eigenvalue weighted by Gasteiger charge is 2.21. The molecule has 0 amide bonds. The molecule has 0 unspecified atom stereocenters. The van der Waals surface area contributed by atoms with Crippen molar-refractivity contribution in [1.82, 2.24) is 19.1 Å². The summed E-state index contributed by atoms with van der Waals surface area (Å²) >= 11 is 0. The topological polar surface area (TPSA) is 61.9 Å². The molecule has 0 radical (unpaired) electrons. The molecule has 0 atom stereocenters. The minimum absolute atomic E-state index is 0.587. The lowest BCUT2D eigenvalue weighted by Gasteiger charge is -2.15. The lowest BCUT2D eigenvalue weighted by atomic mass is 9.93. The highest BCUT2D eigenvalue weighted by atomic mass is 16.3. The van der Waals surface area contributed by atoms with Crippen molar-refractivity contribution in [3.8, 4) is 78.7 Å². The van der Waals surface area contributed by atoms with Gasteiger partial charge in [0.25, 0.3) is 0 Å². The summed E-state index contributed by atoms with van der Waals surface area (Å²) in [6, 6.07) is 99.5. The smallest absolute Gasteiger partial charge is 0.235 e. The molecular formula is C76H46N4O2. The Morgan fingerprint density at radius 2 is 0.646 bits per heavy atom. The van der Waals surface area contributed by atoms with Gasteiger partial charge in [-0.05, 0) is 142 Å². The normalized spacial score (nSPS) is 11.9. The van der Waals surface area contributed by atoms with Crippen molar-refractivity contribution in [2.24, 2.45) is 0 Å². The Kier molecular flexibility index (Phi) is 10.2. The van der Waals surface area contributed by atoms with Crippen LogP contribution in [0, 0.1) is 0 Å². The van der Waals surface area contributed by atoms with Crippen LogP contribution in [0.5, 0.6) is 0 Å². The zero-order chi connectivity index (χ0) is 53.8. The van der Waals surface area contributed by atoms with Gasteiger partial charge in [-0.3, -0.25) is 4.57 Å². The predicted molar refractivity (Wildman–Crippen MR) is 338 cm³/mol. The largest absolute Gasteiger partial charge is 0.456 e. The molecule has 6 heteroatoms. The first kappa shape index (κ1) is 45.9. The summed E-state index contributed by atoms with van der Waals surface area (Å²) in [7, 11) is 0. The zero-order valence-corrected chi connectivity index (χ0v) is 44.2. The van der Waals surface area contributed by atoms with Crippen molar-refractivity contribution in [3.05, 3.63) is 279 Å². The fourth-order valence-electron chi connectivity index (χ4n) is 12.7. The molecular weight excluding hydrogens is 1000 g/mol. The number of furan rings is 2. The number of rotatable bonds is 8. The first-order valence-electron chi connectivity index (χ1n) is 27.8. The molecule has 0 aliphatic rings. The van der Waals surface area contributed by atoms with Gasteiger partial charge in [-0.2, -0.15) is 0 Å². The Morgan fingerprint density at radius 1 is 0.232 bits per heavy atom. The Labute approximate surface area is 470 Å². The van der Waals surface area contributed by atoms with Crippen LogP contribution >= 0.6 is 0 Å². The molecule has 0 spiro atoms. The number of aromatic nitrogens is 4. The quantitative estimate of drug-likeness (QED) is 0.152. The van der Waals surface area contributed by atoms with Crippen molar-refractivity contribution in [3.63, 3.8) is 0 Å². The van der Waals surface area contributed by atoms with E-state index in [1.54, 1.807) is 0 Å². The highest BCUT2D eigenvalue weighted by molar-refractivity contribution is 6.13. The summed E-state index contributed by atoms with van der Waals surface area (Å²) in [5.41, 5.74) is 21.6. The van der Waals surface area contributed by atoms with E-state index < -0.39 is 0 Å². The second-order valence-corrected chi connectivity index (χ2v) is 21.3. The van der Waals surface area contributed by atoms with Crippen molar-refractivity contribution >= 4 is 87.5 Å². The standard InChI is InChI=1S/C76H46N4O2/c1-2-16-47(17-3-1)56-22-4-5-23-57(56)52-18-14-19-53(40-52)66-46-67(78-76(77-66)80-69-29-11-7-25-59(69)63-43-49(33-37-71(63)80)51-35-39-75-65(45-51)61-27-9-13-31-73(61)82-75)54-20-15-21-55(41-54)79-68-28-10-6-24-58(68)62-42-48(32-36-70(62)79)50-34-38-74-64(44-50)60-26-8-12-30-72(60)81-74/h1-46H. The number of hydrogen-bond acceptors (Lipinski definition) is 4. The first-order chi connectivity index (χ1) is 40.6. The van der Waals surface area contributed by atoms with Crippen molar-refractivity contribution in [1.29, 1.82) is 0 Å². The number of nitrogens with zero attached hydrogens (tertiary/aromatic N) is 4. The maximum Gasteiger partial charge on any atom is 0.235 e. The van der Waals surface area contributed by atoms with Crippen LogP contribution in [0.1, 0.15) is 0 Å². The molecule has 0 aliphatic carbocycles. The number of hydrogen-bond donors (Lipinski definition) is 0. The van der Waals surface area contributed by atoms with E-state index in [9.17, 15) is 0 Å². The van der Waals surface area contributed by atoms with Crippen LogP contribution in [0.2, 0.25) is 0 Å². The third-order valence-electron chi connectivity index (χ3n) is 16.6. The van der Waals surface area contributed by atoms with Crippen LogP contribution in [0.25, 0.3) is 166 Å². The number of fused-ring (bicyclic) bond motifs is 12. The first-order valence-corrected chi connectivity index (χ1v) is 27.8. The molecule has 0 bridgehead atoms. The van der Waals surface area contributed by atoms with E-state index in [2.05, 4.69) is 264 Å². The van der Waals surface area contributed by atoms with Crippen molar-refractivity contribution < 1.29 is 8.83 Å². The highest BCUT2D eigenvalue weighted by Crippen LogP contribution is 2.42. The molecule has 0 saturated heterocycles. The van der Waals surface area contributed by atoms with Crippen LogP contribution in [0.15, 0.2) is 288 Å². The molecule has 0 N–H and O–H groups in total. The summed E-state index contributed by atoms with van der Waals surface area (Å²) in [5.74, 6) is 0.587. The van der Waals surface area contributed by atoms with Crippen LogP contribution < -0.4 is 0 Å². The van der Waals surface area contributed by atoms with Crippen LogP contribution in [0.3, 0.4) is 0 Å². The van der Waals surface area contributed by atoms with Crippen molar-refractivity contribution in [2.45, 2.75) is 0 Å². The van der Waals surface area contributed by atoms with Crippen LogP contribution in [0.4, 0.5) is 0 Å². The molecule has 5 heterocycles. The van der Waals surface area contributed by atoms with Crippen LogP contribution in [-0.2, 0) is 0 Å². The SMILES string of the molecule is c1ccc(-c2ccccc2-c2cccc(-c3cc(-c4cccc(-n5c6ccccc6c6cc(-c7ccc8oc9ccccc9c8c7)ccc65)c4)nc(-n4c5ccccc5c5cc(-c6ccc7oc8ccccc8c7c6)ccc54)n3)c2)cc1. The van der Waals surface area contributed by atoms with Gasteiger partial charge in [-0.15, -0.1) is 0 Å². The molecule has 82 heavy (non-hydrogen) atoms. The van der Waals surface area contributed by atoms with Gasteiger partial charge in [-0.25, -0.2) is 9.97 Å².